The van der Waals surface area contributed by atoms with Crippen LogP contribution in [0.1, 0.15) is 101 Å². The normalized spacial score (nSPS) is 30.9. The molecule has 0 amide bonds. The molecule has 0 bridgehead atoms. The topological polar surface area (TPSA) is 0 Å². The van der Waals surface area contributed by atoms with Crippen LogP contribution in [-0.2, 0) is 19.3 Å². The van der Waals surface area contributed by atoms with Crippen molar-refractivity contribution in [3.8, 4) is 0 Å². The van der Waals surface area contributed by atoms with Gasteiger partial charge in [0.15, 0.2) is 11.6 Å². The van der Waals surface area contributed by atoms with E-state index in [2.05, 4.69) is 6.92 Å². The number of hydrogen-bond donors (Lipinski definition) is 0. The summed E-state index contributed by atoms with van der Waals surface area (Å²) < 4.78 is 29.7. The Bertz CT molecular complexity index is 764. The number of fused-ring (bicyclic) bond motifs is 2. The average Bonchev–Trinajstić information content (AvgIpc) is 2.80. The van der Waals surface area contributed by atoms with E-state index in [4.69, 9.17) is 0 Å². The zero-order valence-corrected chi connectivity index (χ0v) is 19.8. The van der Waals surface area contributed by atoms with Crippen LogP contribution >= 0.6 is 0 Å². The first-order valence-corrected chi connectivity index (χ1v) is 13.2. The molecular formula is C29H42F2. The molecule has 0 nitrogen and oxygen atoms in total. The summed E-state index contributed by atoms with van der Waals surface area (Å²) in [5.74, 6) is 2.96. The van der Waals surface area contributed by atoms with Crippen LogP contribution in [0.5, 0.6) is 0 Å². The minimum atomic E-state index is -0.585. The fraction of sp³-hybridized carbons (Fsp3) is 0.724. The number of allylic oxidation sites excluding steroid dienone is 2. The molecule has 5 atom stereocenters. The van der Waals surface area contributed by atoms with Gasteiger partial charge in [0.2, 0.25) is 0 Å². The summed E-state index contributed by atoms with van der Waals surface area (Å²) in [5.41, 5.74) is 2.35. The van der Waals surface area contributed by atoms with Crippen molar-refractivity contribution in [2.24, 2.45) is 29.6 Å². The summed E-state index contributed by atoms with van der Waals surface area (Å²) in [4.78, 5) is 0. The van der Waals surface area contributed by atoms with Gasteiger partial charge in [0.25, 0.3) is 0 Å². The molecule has 5 unspecified atom stereocenters. The van der Waals surface area contributed by atoms with Crippen molar-refractivity contribution in [3.63, 3.8) is 0 Å². The van der Waals surface area contributed by atoms with Gasteiger partial charge in [-0.1, -0.05) is 50.8 Å². The van der Waals surface area contributed by atoms with E-state index in [9.17, 15) is 4.39 Å². The number of aryl methyl sites for hydroxylation is 2. The van der Waals surface area contributed by atoms with Crippen LogP contribution in [0.25, 0.3) is 0 Å². The third kappa shape index (κ3) is 5.25. The van der Waals surface area contributed by atoms with Crippen LogP contribution in [0.4, 0.5) is 8.78 Å². The summed E-state index contributed by atoms with van der Waals surface area (Å²) >= 11 is 0. The molecule has 0 N–H and O–H groups in total. The second-order valence-corrected chi connectivity index (χ2v) is 10.8. The van der Waals surface area contributed by atoms with E-state index in [0.29, 0.717) is 23.5 Å². The van der Waals surface area contributed by atoms with Crippen LogP contribution in [0.3, 0.4) is 0 Å². The molecule has 4 rings (SSSR count). The van der Waals surface area contributed by atoms with E-state index < -0.39 is 11.6 Å². The first-order chi connectivity index (χ1) is 15.1. The van der Waals surface area contributed by atoms with Crippen molar-refractivity contribution >= 4 is 0 Å². The maximum absolute atomic E-state index is 15.0. The maximum Gasteiger partial charge on any atom is 0.162 e. The van der Waals surface area contributed by atoms with E-state index in [1.807, 2.05) is 25.1 Å². The van der Waals surface area contributed by atoms with Crippen LogP contribution in [0.2, 0.25) is 0 Å². The Morgan fingerprint density at radius 2 is 1.68 bits per heavy atom. The minimum Gasteiger partial charge on any atom is -0.203 e. The first-order valence-electron chi connectivity index (χ1n) is 13.2. The molecule has 3 aliphatic rings. The SMILES string of the molecule is C/C=C/CCc1cc2c(c(F)c1F)CC(C1CCC3CC(CCCC)CCC3C1)CC2. The highest BCUT2D eigenvalue weighted by Crippen LogP contribution is 2.49. The largest absolute Gasteiger partial charge is 0.203 e. The van der Waals surface area contributed by atoms with E-state index in [1.165, 1.54) is 57.8 Å². The number of halogens is 2. The number of benzene rings is 1. The summed E-state index contributed by atoms with van der Waals surface area (Å²) in [6, 6.07) is 1.97. The highest BCUT2D eigenvalue weighted by atomic mass is 19.2. The molecule has 0 aromatic heterocycles. The zero-order valence-electron chi connectivity index (χ0n) is 19.8. The highest BCUT2D eigenvalue weighted by molar-refractivity contribution is 5.37. The maximum atomic E-state index is 15.0. The Morgan fingerprint density at radius 3 is 2.45 bits per heavy atom. The van der Waals surface area contributed by atoms with E-state index in [1.54, 1.807) is 0 Å². The predicted octanol–water partition coefficient (Wildman–Crippen LogP) is 8.60. The van der Waals surface area contributed by atoms with E-state index in [0.717, 1.165) is 54.9 Å². The molecule has 0 spiro atoms. The first kappa shape index (κ1) is 23.0. The average molecular weight is 429 g/mol. The third-order valence-electron chi connectivity index (χ3n) is 8.94. The summed E-state index contributed by atoms with van der Waals surface area (Å²) in [5, 5.41) is 0. The molecular weight excluding hydrogens is 386 g/mol. The van der Waals surface area contributed by atoms with E-state index >= 15 is 4.39 Å². The van der Waals surface area contributed by atoms with Crippen molar-refractivity contribution in [1.29, 1.82) is 0 Å². The van der Waals surface area contributed by atoms with Gasteiger partial charge in [0.05, 0.1) is 0 Å². The molecule has 0 heterocycles. The fourth-order valence-corrected chi connectivity index (χ4v) is 7.12. The van der Waals surface area contributed by atoms with Gasteiger partial charge >= 0.3 is 0 Å². The Hall–Kier alpha value is -1.18. The van der Waals surface area contributed by atoms with Crippen molar-refractivity contribution in [3.05, 3.63) is 46.5 Å². The van der Waals surface area contributed by atoms with Crippen molar-refractivity contribution in [2.45, 2.75) is 104 Å². The molecule has 1 aromatic carbocycles. The number of hydrogen-bond acceptors (Lipinski definition) is 0. The van der Waals surface area contributed by atoms with Crippen LogP contribution < -0.4 is 0 Å². The van der Waals surface area contributed by atoms with Crippen LogP contribution in [0.15, 0.2) is 18.2 Å². The van der Waals surface area contributed by atoms with Gasteiger partial charge in [-0.05, 0) is 117 Å². The summed E-state index contributed by atoms with van der Waals surface area (Å²) in [6.45, 7) is 4.27. The Kier molecular flexibility index (Phi) is 7.88. The van der Waals surface area contributed by atoms with Gasteiger partial charge in [0, 0.05) is 0 Å². The van der Waals surface area contributed by atoms with Crippen LogP contribution in [-0.4, -0.2) is 0 Å². The molecule has 172 valence electrons. The van der Waals surface area contributed by atoms with Crippen molar-refractivity contribution in [2.75, 3.05) is 0 Å². The molecule has 0 saturated heterocycles. The minimum absolute atomic E-state index is 0.539. The van der Waals surface area contributed by atoms with Crippen molar-refractivity contribution < 1.29 is 8.78 Å². The molecule has 3 aliphatic carbocycles. The predicted molar refractivity (Wildman–Crippen MR) is 126 cm³/mol. The quantitative estimate of drug-likeness (QED) is 0.381. The van der Waals surface area contributed by atoms with Gasteiger partial charge < -0.3 is 0 Å². The zero-order chi connectivity index (χ0) is 21.8. The van der Waals surface area contributed by atoms with Crippen LogP contribution in [0, 0.1) is 41.2 Å². The van der Waals surface area contributed by atoms with Gasteiger partial charge in [0.1, 0.15) is 0 Å². The smallest absolute Gasteiger partial charge is 0.162 e. The molecule has 1 aromatic rings. The van der Waals surface area contributed by atoms with Gasteiger partial charge in [-0.25, -0.2) is 8.78 Å². The lowest BCUT2D eigenvalue weighted by molar-refractivity contribution is 0.0688. The monoisotopic (exact) mass is 428 g/mol. The lowest BCUT2D eigenvalue weighted by Gasteiger charge is -2.45. The lowest BCUT2D eigenvalue weighted by atomic mass is 9.60. The summed E-state index contributed by atoms with van der Waals surface area (Å²) in [7, 11) is 0. The fourth-order valence-electron chi connectivity index (χ4n) is 7.12. The second kappa shape index (κ2) is 10.6. The second-order valence-electron chi connectivity index (χ2n) is 10.8. The van der Waals surface area contributed by atoms with Crippen molar-refractivity contribution in [1.82, 2.24) is 0 Å². The highest BCUT2D eigenvalue weighted by Gasteiger charge is 2.39. The van der Waals surface area contributed by atoms with Gasteiger partial charge in [-0.2, -0.15) is 0 Å². The Labute approximate surface area is 188 Å². The standard InChI is InChI=1S/C29H42F2/c1-3-5-7-9-26-18-25-15-14-24(19-27(25)29(31)28(26)30)23-13-12-21-16-20(8-6-4-2)10-11-22(21)17-23/h3,5,18,20-24H,4,6-17,19H2,1-2H3/b5-3+. The summed E-state index contributed by atoms with van der Waals surface area (Å²) in [6.07, 6.45) is 20.7. The molecule has 2 heteroatoms. The number of unbranched alkanes of at least 4 members (excludes halogenated alkanes) is 1. The molecule has 2 fully saturated rings. The Morgan fingerprint density at radius 1 is 0.935 bits per heavy atom. The molecule has 2 saturated carbocycles. The Balaban J connectivity index is 1.38. The molecule has 31 heavy (non-hydrogen) atoms. The van der Waals surface area contributed by atoms with E-state index in [-0.39, 0.29) is 0 Å². The van der Waals surface area contributed by atoms with Gasteiger partial charge in [-0.3, -0.25) is 0 Å². The number of rotatable bonds is 7. The van der Waals surface area contributed by atoms with Gasteiger partial charge in [-0.15, -0.1) is 0 Å². The lowest BCUT2D eigenvalue weighted by Crippen LogP contribution is -2.35. The third-order valence-corrected chi connectivity index (χ3v) is 8.94. The molecule has 0 radical (unpaired) electrons. The molecule has 0 aliphatic heterocycles.